The van der Waals surface area contributed by atoms with E-state index in [2.05, 4.69) is 85.6 Å². The number of nitrogen functional groups attached to an aromatic ring is 1. The smallest absolute Gasteiger partial charge is 0.161 e. The van der Waals surface area contributed by atoms with Gasteiger partial charge in [-0.05, 0) is 43.4 Å². The summed E-state index contributed by atoms with van der Waals surface area (Å²) < 4.78 is 0. The van der Waals surface area contributed by atoms with Gasteiger partial charge >= 0.3 is 0 Å². The van der Waals surface area contributed by atoms with E-state index in [-0.39, 0.29) is 0 Å². The van der Waals surface area contributed by atoms with Gasteiger partial charge in [-0.15, -0.1) is 0 Å². The minimum Gasteiger partial charge on any atom is -0.393 e. The lowest BCUT2D eigenvalue weighted by atomic mass is 10.1. The molecule has 0 aliphatic heterocycles. The van der Waals surface area contributed by atoms with Crippen molar-refractivity contribution in [3.8, 4) is 0 Å². The number of aromatic nitrogens is 2. The second-order valence-corrected chi connectivity index (χ2v) is 7.71. The van der Waals surface area contributed by atoms with Crippen LogP contribution >= 0.6 is 0 Å². The molecule has 5 nitrogen and oxygen atoms in total. The van der Waals surface area contributed by atoms with E-state index < -0.39 is 0 Å². The molecule has 0 aliphatic rings. The maximum atomic E-state index is 6.58. The number of rotatable bonds is 8. The maximum absolute atomic E-state index is 6.58. The Bertz CT molecular complexity index is 701. The Hall–Kier alpha value is -2.30. The average Bonchev–Trinajstić information content (AvgIpc) is 2.55. The van der Waals surface area contributed by atoms with Crippen LogP contribution in [0.3, 0.4) is 0 Å². The molecule has 1 heterocycles. The van der Waals surface area contributed by atoms with Gasteiger partial charge in [0.25, 0.3) is 0 Å². The minimum atomic E-state index is 0.533. The normalized spacial score (nSPS) is 11.2. The quantitative estimate of drug-likeness (QED) is 0.747. The summed E-state index contributed by atoms with van der Waals surface area (Å²) in [5.41, 5.74) is 9.55. The van der Waals surface area contributed by atoms with Crippen LogP contribution in [0.4, 0.5) is 23.0 Å². The van der Waals surface area contributed by atoms with Gasteiger partial charge in [0.15, 0.2) is 11.6 Å². The fourth-order valence-corrected chi connectivity index (χ4v) is 3.22. The molecule has 0 radical (unpaired) electrons. The van der Waals surface area contributed by atoms with Gasteiger partial charge < -0.3 is 15.5 Å². The van der Waals surface area contributed by atoms with Crippen molar-refractivity contribution in [1.29, 1.82) is 0 Å². The fraction of sp³-hybridized carbons (Fsp3) is 0.524. The topological polar surface area (TPSA) is 58.3 Å². The van der Waals surface area contributed by atoms with Crippen LogP contribution in [0.15, 0.2) is 30.6 Å². The molecule has 2 rings (SSSR count). The molecule has 1 aromatic carbocycles. The molecule has 2 aromatic rings. The third-order valence-electron chi connectivity index (χ3n) is 4.20. The number of benzene rings is 1. The summed E-state index contributed by atoms with van der Waals surface area (Å²) in [6, 6.07) is 8.41. The Morgan fingerprint density at radius 3 is 2.15 bits per heavy atom. The van der Waals surface area contributed by atoms with E-state index in [1.165, 1.54) is 5.56 Å². The van der Waals surface area contributed by atoms with Crippen LogP contribution in [0.5, 0.6) is 0 Å². The molecule has 0 fully saturated rings. The van der Waals surface area contributed by atoms with E-state index in [4.69, 9.17) is 5.73 Å². The van der Waals surface area contributed by atoms with Crippen LogP contribution in [-0.2, 0) is 0 Å². The summed E-state index contributed by atoms with van der Waals surface area (Å²) in [6.07, 6.45) is 1.63. The lowest BCUT2D eigenvalue weighted by molar-refractivity contribution is 0.549. The SMILES string of the molecule is CCN(c1cccc(C)c1)c1ncnc(N(CC(C)C)CC(C)C)c1N. The number of nitrogens with zero attached hydrogens (tertiary/aromatic N) is 4. The monoisotopic (exact) mass is 355 g/mol. The molecule has 0 saturated carbocycles. The highest BCUT2D eigenvalue weighted by Gasteiger charge is 2.20. The first-order valence-electron chi connectivity index (χ1n) is 9.53. The van der Waals surface area contributed by atoms with E-state index >= 15 is 0 Å². The highest BCUT2D eigenvalue weighted by atomic mass is 15.3. The second-order valence-electron chi connectivity index (χ2n) is 7.71. The molecule has 0 spiro atoms. The van der Waals surface area contributed by atoms with Gasteiger partial charge in [0.1, 0.15) is 12.0 Å². The summed E-state index contributed by atoms with van der Waals surface area (Å²) in [4.78, 5) is 13.5. The Morgan fingerprint density at radius 2 is 1.62 bits per heavy atom. The van der Waals surface area contributed by atoms with Gasteiger partial charge in [0, 0.05) is 25.3 Å². The van der Waals surface area contributed by atoms with Crippen molar-refractivity contribution in [3.63, 3.8) is 0 Å². The highest BCUT2D eigenvalue weighted by Crippen LogP contribution is 2.34. The zero-order chi connectivity index (χ0) is 19.3. The zero-order valence-electron chi connectivity index (χ0n) is 17.0. The maximum Gasteiger partial charge on any atom is 0.161 e. The van der Waals surface area contributed by atoms with E-state index in [1.807, 2.05) is 0 Å². The molecule has 5 heteroatoms. The molecule has 0 amide bonds. The molecule has 26 heavy (non-hydrogen) atoms. The largest absolute Gasteiger partial charge is 0.393 e. The molecule has 0 bridgehead atoms. The van der Waals surface area contributed by atoms with Crippen molar-refractivity contribution in [2.24, 2.45) is 11.8 Å². The molecular weight excluding hydrogens is 322 g/mol. The van der Waals surface area contributed by atoms with E-state index in [0.29, 0.717) is 17.5 Å². The van der Waals surface area contributed by atoms with Gasteiger partial charge in [-0.25, -0.2) is 9.97 Å². The zero-order valence-corrected chi connectivity index (χ0v) is 17.0. The van der Waals surface area contributed by atoms with Crippen LogP contribution in [0.25, 0.3) is 0 Å². The number of hydrogen-bond donors (Lipinski definition) is 1. The van der Waals surface area contributed by atoms with Crippen LogP contribution in [0.1, 0.15) is 40.2 Å². The van der Waals surface area contributed by atoms with Crippen molar-refractivity contribution in [2.75, 3.05) is 35.2 Å². The van der Waals surface area contributed by atoms with Crippen LogP contribution in [-0.4, -0.2) is 29.6 Å². The number of anilines is 4. The molecule has 0 aliphatic carbocycles. The third-order valence-corrected chi connectivity index (χ3v) is 4.20. The second kappa shape index (κ2) is 8.88. The lowest BCUT2D eigenvalue weighted by Gasteiger charge is -2.30. The number of aryl methyl sites for hydroxylation is 1. The number of hydrogen-bond acceptors (Lipinski definition) is 5. The van der Waals surface area contributed by atoms with Gasteiger partial charge in [0.05, 0.1) is 0 Å². The van der Waals surface area contributed by atoms with Crippen LogP contribution in [0, 0.1) is 18.8 Å². The van der Waals surface area contributed by atoms with Gasteiger partial charge in [-0.3, -0.25) is 0 Å². The molecule has 0 unspecified atom stereocenters. The molecule has 2 N–H and O–H groups in total. The van der Waals surface area contributed by atoms with Crippen molar-refractivity contribution in [1.82, 2.24) is 9.97 Å². The Kier molecular flexibility index (Phi) is 6.83. The first-order valence-corrected chi connectivity index (χ1v) is 9.53. The van der Waals surface area contributed by atoms with Gasteiger partial charge in [-0.2, -0.15) is 0 Å². The minimum absolute atomic E-state index is 0.533. The molecule has 142 valence electrons. The molecule has 0 saturated heterocycles. The number of nitrogens with two attached hydrogens (primary N) is 1. The standard InChI is InChI=1S/C21H33N5/c1-7-26(18-10-8-9-17(6)11-18)21-19(22)20(23-14-24-21)25(12-15(2)3)13-16(4)5/h8-11,14-16H,7,12-13,22H2,1-6H3. The molecule has 0 atom stereocenters. The Labute approximate surface area is 158 Å². The van der Waals surface area contributed by atoms with E-state index in [9.17, 15) is 0 Å². The predicted octanol–water partition coefficient (Wildman–Crippen LogP) is 4.64. The third kappa shape index (κ3) is 4.87. The molecular formula is C21H33N5. The van der Waals surface area contributed by atoms with Gasteiger partial charge in [0.2, 0.25) is 0 Å². The van der Waals surface area contributed by atoms with Gasteiger partial charge in [-0.1, -0.05) is 39.8 Å². The average molecular weight is 356 g/mol. The predicted molar refractivity (Wildman–Crippen MR) is 112 cm³/mol. The summed E-state index contributed by atoms with van der Waals surface area (Å²) in [5.74, 6) is 2.68. The van der Waals surface area contributed by atoms with E-state index in [1.54, 1.807) is 6.33 Å². The Balaban J connectivity index is 2.45. The first-order chi connectivity index (χ1) is 12.3. The molecule has 1 aromatic heterocycles. The van der Waals surface area contributed by atoms with Crippen LogP contribution < -0.4 is 15.5 Å². The lowest BCUT2D eigenvalue weighted by Crippen LogP contribution is -2.33. The summed E-state index contributed by atoms with van der Waals surface area (Å²) in [7, 11) is 0. The summed E-state index contributed by atoms with van der Waals surface area (Å²) in [5, 5.41) is 0. The van der Waals surface area contributed by atoms with Crippen molar-refractivity contribution in [2.45, 2.75) is 41.5 Å². The van der Waals surface area contributed by atoms with Crippen molar-refractivity contribution < 1.29 is 0 Å². The highest BCUT2D eigenvalue weighted by molar-refractivity contribution is 5.79. The van der Waals surface area contributed by atoms with Crippen molar-refractivity contribution in [3.05, 3.63) is 36.2 Å². The Morgan fingerprint density at radius 1 is 1.00 bits per heavy atom. The summed E-state index contributed by atoms with van der Waals surface area (Å²) >= 11 is 0. The fourth-order valence-electron chi connectivity index (χ4n) is 3.22. The van der Waals surface area contributed by atoms with E-state index in [0.717, 1.165) is 37.0 Å². The van der Waals surface area contributed by atoms with Crippen molar-refractivity contribution >= 4 is 23.0 Å². The summed E-state index contributed by atoms with van der Waals surface area (Å²) in [6.45, 7) is 15.7. The van der Waals surface area contributed by atoms with Crippen LogP contribution in [0.2, 0.25) is 0 Å². The first kappa shape index (κ1) is 20.0.